The summed E-state index contributed by atoms with van der Waals surface area (Å²) in [4.78, 5) is 26.0. The minimum Gasteiger partial charge on any atom is -0.490 e. The molecule has 1 aliphatic heterocycles. The fourth-order valence-electron chi connectivity index (χ4n) is 3.52. The number of ether oxygens (including phenoxy) is 1. The molecule has 1 amide bonds. The Hall–Kier alpha value is -2.91. The minimum atomic E-state index is -4.57. The van der Waals surface area contributed by atoms with Gasteiger partial charge in [0, 0.05) is 43.5 Å². The van der Waals surface area contributed by atoms with Gasteiger partial charge in [-0.3, -0.25) is 4.79 Å². The number of aryl methyl sites for hydroxylation is 1. The third-order valence-electron chi connectivity index (χ3n) is 4.81. The number of alkyl halides is 3. The number of amides is 1. The molecule has 1 aliphatic rings. The predicted octanol–water partition coefficient (Wildman–Crippen LogP) is 4.62. The van der Waals surface area contributed by atoms with Gasteiger partial charge in [0.15, 0.2) is 11.6 Å². The van der Waals surface area contributed by atoms with Crippen LogP contribution in [0.5, 0.6) is 5.75 Å². The fourth-order valence-corrected chi connectivity index (χ4v) is 3.52. The van der Waals surface area contributed by atoms with Crippen molar-refractivity contribution >= 4 is 17.4 Å². The van der Waals surface area contributed by atoms with Gasteiger partial charge in [0.25, 0.3) is 0 Å². The molecule has 0 radical (unpaired) electrons. The largest absolute Gasteiger partial charge is 0.490 e. The highest BCUT2D eigenvalue weighted by molar-refractivity contribution is 5.92. The van der Waals surface area contributed by atoms with E-state index in [-0.39, 0.29) is 11.3 Å². The number of pyridine rings is 1. The Kier molecular flexibility index (Phi) is 6.90. The van der Waals surface area contributed by atoms with Crippen LogP contribution in [0, 0.1) is 5.41 Å². The summed E-state index contributed by atoms with van der Waals surface area (Å²) in [5.74, 6) is -0.444. The predicted molar refractivity (Wildman–Crippen MR) is 115 cm³/mol. The number of rotatable bonds is 6. The van der Waals surface area contributed by atoms with Crippen LogP contribution >= 0.6 is 0 Å². The summed E-state index contributed by atoms with van der Waals surface area (Å²) >= 11 is 0. The van der Waals surface area contributed by atoms with E-state index in [9.17, 15) is 18.0 Å². The number of hydrogen-bond acceptors (Lipinski definition) is 6. The summed E-state index contributed by atoms with van der Waals surface area (Å²) in [7, 11) is 0. The minimum absolute atomic E-state index is 0.138. The molecular formula is C22H28F3N5O2. The molecule has 2 aromatic heterocycles. The average molecular weight is 451 g/mol. The van der Waals surface area contributed by atoms with Crippen LogP contribution in [0.4, 0.5) is 24.7 Å². The summed E-state index contributed by atoms with van der Waals surface area (Å²) in [6.07, 6.45) is -0.281. The van der Waals surface area contributed by atoms with Gasteiger partial charge in [-0.05, 0) is 25.2 Å². The molecule has 1 N–H and O–H groups in total. The zero-order valence-corrected chi connectivity index (χ0v) is 18.7. The van der Waals surface area contributed by atoms with Crippen molar-refractivity contribution in [2.75, 3.05) is 23.4 Å². The summed E-state index contributed by atoms with van der Waals surface area (Å²) in [6, 6.07) is 1.84. The first kappa shape index (κ1) is 23.7. The van der Waals surface area contributed by atoms with Crippen LogP contribution in [0.2, 0.25) is 0 Å². The van der Waals surface area contributed by atoms with E-state index in [1.54, 1.807) is 0 Å². The highest BCUT2D eigenvalue weighted by Gasteiger charge is 2.34. The first-order valence-electron chi connectivity index (χ1n) is 10.6. The van der Waals surface area contributed by atoms with Crippen LogP contribution in [0.3, 0.4) is 0 Å². The van der Waals surface area contributed by atoms with Crippen molar-refractivity contribution in [3.63, 3.8) is 0 Å². The summed E-state index contributed by atoms with van der Waals surface area (Å²) in [6.45, 7) is 9.25. The standard InChI is InChI=1S/C22H28F3N5O2/c1-5-32-17-9-16-15(28-19(17)29-18(31)10-21(2,3)4)7-6-8-30(16)13-14-11-26-20(27-12-14)22(23,24)25/h9,11-12H,5-8,10,13H2,1-4H3,(H,28,29,31). The molecule has 0 saturated heterocycles. The van der Waals surface area contributed by atoms with E-state index in [4.69, 9.17) is 4.74 Å². The van der Waals surface area contributed by atoms with Gasteiger partial charge in [-0.1, -0.05) is 20.8 Å². The zero-order valence-electron chi connectivity index (χ0n) is 18.7. The fraction of sp³-hybridized carbons (Fsp3) is 0.545. The molecule has 2 aromatic rings. The SMILES string of the molecule is CCOc1cc2c(nc1NC(=O)CC(C)(C)C)CCCN2Cc1cnc(C(F)(F)F)nc1. The van der Waals surface area contributed by atoms with Crippen LogP contribution in [0.15, 0.2) is 18.5 Å². The molecule has 174 valence electrons. The first-order valence-corrected chi connectivity index (χ1v) is 10.6. The molecule has 3 heterocycles. The van der Waals surface area contributed by atoms with Crippen LogP contribution in [-0.4, -0.2) is 34.0 Å². The molecule has 0 aromatic carbocycles. The summed E-state index contributed by atoms with van der Waals surface area (Å²) in [5, 5.41) is 2.87. The van der Waals surface area contributed by atoms with Gasteiger partial charge < -0.3 is 15.0 Å². The molecule has 32 heavy (non-hydrogen) atoms. The summed E-state index contributed by atoms with van der Waals surface area (Å²) < 4.78 is 43.9. The molecule has 3 rings (SSSR count). The molecular weight excluding hydrogens is 423 g/mol. The normalized spacial score (nSPS) is 14.2. The number of nitrogens with zero attached hydrogens (tertiary/aromatic N) is 4. The van der Waals surface area contributed by atoms with E-state index in [2.05, 4.69) is 20.3 Å². The van der Waals surface area contributed by atoms with Gasteiger partial charge >= 0.3 is 6.18 Å². The molecule has 0 aliphatic carbocycles. The van der Waals surface area contributed by atoms with Crippen molar-refractivity contribution in [3.8, 4) is 5.75 Å². The molecule has 10 heteroatoms. The van der Waals surface area contributed by atoms with E-state index in [0.717, 1.165) is 24.2 Å². The van der Waals surface area contributed by atoms with Gasteiger partial charge in [-0.2, -0.15) is 13.2 Å². The number of anilines is 2. The zero-order chi connectivity index (χ0) is 23.5. The van der Waals surface area contributed by atoms with Gasteiger partial charge in [0.2, 0.25) is 11.7 Å². The number of carbonyl (C=O) groups is 1. The smallest absolute Gasteiger partial charge is 0.451 e. The van der Waals surface area contributed by atoms with Crippen molar-refractivity contribution in [3.05, 3.63) is 35.5 Å². The number of halogens is 3. The Morgan fingerprint density at radius 1 is 1.22 bits per heavy atom. The van der Waals surface area contributed by atoms with Crippen molar-refractivity contribution < 1.29 is 22.7 Å². The lowest BCUT2D eigenvalue weighted by Crippen LogP contribution is -2.30. The number of nitrogens with one attached hydrogen (secondary N) is 1. The van der Waals surface area contributed by atoms with Crippen molar-refractivity contribution in [2.24, 2.45) is 5.41 Å². The van der Waals surface area contributed by atoms with Gasteiger partial charge in [0.05, 0.1) is 18.0 Å². The maximum absolute atomic E-state index is 12.7. The van der Waals surface area contributed by atoms with E-state index in [1.165, 1.54) is 12.4 Å². The van der Waals surface area contributed by atoms with Crippen LogP contribution in [-0.2, 0) is 23.9 Å². The Balaban J connectivity index is 1.84. The van der Waals surface area contributed by atoms with Crippen LogP contribution in [0.25, 0.3) is 0 Å². The molecule has 0 saturated carbocycles. The van der Waals surface area contributed by atoms with E-state index in [0.29, 0.717) is 43.2 Å². The second kappa shape index (κ2) is 9.30. The molecule has 0 bridgehead atoms. The van der Waals surface area contributed by atoms with Gasteiger partial charge in [-0.25, -0.2) is 15.0 Å². The monoisotopic (exact) mass is 451 g/mol. The number of hydrogen-bond donors (Lipinski definition) is 1. The lowest BCUT2D eigenvalue weighted by molar-refractivity contribution is -0.145. The lowest BCUT2D eigenvalue weighted by atomic mass is 9.92. The summed E-state index contributed by atoms with van der Waals surface area (Å²) in [5.41, 5.74) is 2.03. The maximum Gasteiger partial charge on any atom is 0.451 e. The highest BCUT2D eigenvalue weighted by atomic mass is 19.4. The molecule has 0 unspecified atom stereocenters. The molecule has 0 spiro atoms. The van der Waals surface area contributed by atoms with E-state index >= 15 is 0 Å². The van der Waals surface area contributed by atoms with Crippen molar-refractivity contribution in [1.29, 1.82) is 0 Å². The lowest BCUT2D eigenvalue weighted by Gasteiger charge is -2.31. The topological polar surface area (TPSA) is 80.2 Å². The Bertz CT molecular complexity index is 956. The third kappa shape index (κ3) is 6.08. The third-order valence-corrected chi connectivity index (χ3v) is 4.81. The quantitative estimate of drug-likeness (QED) is 0.691. The second-order valence-electron chi connectivity index (χ2n) is 8.96. The Morgan fingerprint density at radius 2 is 1.91 bits per heavy atom. The molecule has 0 atom stereocenters. The average Bonchev–Trinajstić information content (AvgIpc) is 2.67. The Morgan fingerprint density at radius 3 is 2.50 bits per heavy atom. The van der Waals surface area contributed by atoms with Gasteiger partial charge in [-0.15, -0.1) is 0 Å². The van der Waals surface area contributed by atoms with Crippen LogP contribution < -0.4 is 15.0 Å². The maximum atomic E-state index is 12.7. The number of carbonyl (C=O) groups excluding carboxylic acids is 1. The Labute approximate surface area is 185 Å². The highest BCUT2D eigenvalue weighted by Crippen LogP contribution is 2.35. The van der Waals surface area contributed by atoms with E-state index < -0.39 is 12.0 Å². The number of aromatic nitrogens is 3. The number of fused-ring (bicyclic) bond motifs is 1. The molecule has 7 nitrogen and oxygen atoms in total. The van der Waals surface area contributed by atoms with Crippen molar-refractivity contribution in [1.82, 2.24) is 15.0 Å². The van der Waals surface area contributed by atoms with Crippen molar-refractivity contribution in [2.45, 2.75) is 59.7 Å². The van der Waals surface area contributed by atoms with E-state index in [1.807, 2.05) is 38.7 Å². The second-order valence-corrected chi connectivity index (χ2v) is 8.96. The van der Waals surface area contributed by atoms with Crippen LogP contribution in [0.1, 0.15) is 57.6 Å². The first-order chi connectivity index (χ1) is 15.0. The molecule has 0 fully saturated rings. The van der Waals surface area contributed by atoms with Gasteiger partial charge in [0.1, 0.15) is 0 Å².